The second kappa shape index (κ2) is 14.0. The number of hydrogen-bond acceptors (Lipinski definition) is 4. The van der Waals surface area contributed by atoms with Gasteiger partial charge in [0.2, 0.25) is 0 Å². The third-order valence-electron chi connectivity index (χ3n) is 2.69. The molecule has 0 aliphatic rings. The summed E-state index contributed by atoms with van der Waals surface area (Å²) in [7, 11) is 3.40. The highest BCUT2D eigenvalue weighted by Gasteiger charge is 1.98. The van der Waals surface area contributed by atoms with Gasteiger partial charge in [-0.05, 0) is 18.1 Å². The molecule has 22 heavy (non-hydrogen) atoms. The number of methoxy groups -OCH3 is 1. The third-order valence-corrected chi connectivity index (χ3v) is 2.91. The molecule has 8 heteroatoms. The summed E-state index contributed by atoms with van der Waals surface area (Å²) < 4.78 is 10.3. The summed E-state index contributed by atoms with van der Waals surface area (Å²) in [5.74, 6) is 0.757. The molecule has 0 unspecified atom stereocenters. The van der Waals surface area contributed by atoms with Gasteiger partial charge < -0.3 is 20.1 Å². The van der Waals surface area contributed by atoms with Gasteiger partial charge in [-0.25, -0.2) is 4.98 Å². The van der Waals surface area contributed by atoms with Gasteiger partial charge in [0.25, 0.3) is 0 Å². The first-order valence-corrected chi connectivity index (χ1v) is 7.25. The van der Waals surface area contributed by atoms with Crippen LogP contribution >= 0.6 is 35.6 Å². The van der Waals surface area contributed by atoms with Crippen molar-refractivity contribution in [2.45, 2.75) is 6.42 Å². The Labute approximate surface area is 154 Å². The molecule has 2 N–H and O–H groups in total. The molecular formula is C14H24ClIN4O2. The second-order valence-electron chi connectivity index (χ2n) is 4.27. The van der Waals surface area contributed by atoms with Gasteiger partial charge in [0.1, 0.15) is 5.15 Å². The summed E-state index contributed by atoms with van der Waals surface area (Å²) in [6.45, 7) is 3.31. The Kier molecular flexibility index (Phi) is 13.6. The van der Waals surface area contributed by atoms with Crippen LogP contribution in [-0.4, -0.2) is 58.0 Å². The number of rotatable bonds is 9. The van der Waals surface area contributed by atoms with E-state index >= 15 is 0 Å². The standard InChI is InChI=1S/C14H23ClN4O2.HI/c1-16-14(18-7-8-21-10-9-20-2)17-6-5-12-3-4-13(15)19-11-12;/h3-4,11H,5-10H2,1-2H3,(H2,16,17,18);1H. The molecule has 0 bridgehead atoms. The molecule has 0 saturated heterocycles. The highest BCUT2D eigenvalue weighted by Crippen LogP contribution is 2.05. The number of aliphatic imine (C=N–C) groups is 1. The highest BCUT2D eigenvalue weighted by molar-refractivity contribution is 14.0. The van der Waals surface area contributed by atoms with E-state index in [4.69, 9.17) is 21.1 Å². The van der Waals surface area contributed by atoms with Crippen LogP contribution in [-0.2, 0) is 15.9 Å². The Morgan fingerprint density at radius 2 is 2.00 bits per heavy atom. The summed E-state index contributed by atoms with van der Waals surface area (Å²) in [6.07, 6.45) is 2.64. The molecule has 0 spiro atoms. The molecule has 0 aliphatic carbocycles. The number of pyridine rings is 1. The smallest absolute Gasteiger partial charge is 0.191 e. The molecule has 0 fully saturated rings. The van der Waals surface area contributed by atoms with Gasteiger partial charge >= 0.3 is 0 Å². The van der Waals surface area contributed by atoms with E-state index in [0.29, 0.717) is 31.5 Å². The molecule has 6 nitrogen and oxygen atoms in total. The minimum atomic E-state index is 0. The maximum atomic E-state index is 5.75. The zero-order valence-electron chi connectivity index (χ0n) is 13.0. The average molecular weight is 443 g/mol. The van der Waals surface area contributed by atoms with Crippen molar-refractivity contribution in [2.24, 2.45) is 4.99 Å². The number of nitrogens with zero attached hydrogens (tertiary/aromatic N) is 2. The van der Waals surface area contributed by atoms with Crippen molar-refractivity contribution >= 4 is 41.5 Å². The van der Waals surface area contributed by atoms with Crippen LogP contribution in [0.15, 0.2) is 23.3 Å². The van der Waals surface area contributed by atoms with Gasteiger partial charge in [-0.3, -0.25) is 4.99 Å². The van der Waals surface area contributed by atoms with E-state index < -0.39 is 0 Å². The van der Waals surface area contributed by atoms with Gasteiger partial charge in [-0.15, -0.1) is 24.0 Å². The summed E-state index contributed by atoms with van der Waals surface area (Å²) in [5.41, 5.74) is 1.13. The molecule has 1 aromatic rings. The molecule has 0 radical (unpaired) electrons. The van der Waals surface area contributed by atoms with Gasteiger partial charge in [-0.2, -0.15) is 0 Å². The normalized spacial score (nSPS) is 11.0. The SMILES string of the molecule is CN=C(NCCOCCOC)NCCc1ccc(Cl)nc1.I. The molecule has 0 atom stereocenters. The maximum absolute atomic E-state index is 5.75. The Morgan fingerprint density at radius 3 is 2.64 bits per heavy atom. The van der Waals surface area contributed by atoms with Crippen molar-refractivity contribution in [2.75, 3.05) is 47.1 Å². The van der Waals surface area contributed by atoms with Gasteiger partial charge in [0, 0.05) is 33.4 Å². The molecule has 0 aromatic carbocycles. The first-order valence-electron chi connectivity index (χ1n) is 6.88. The van der Waals surface area contributed by atoms with E-state index in [-0.39, 0.29) is 24.0 Å². The fourth-order valence-corrected chi connectivity index (χ4v) is 1.70. The van der Waals surface area contributed by atoms with Crippen molar-refractivity contribution in [1.29, 1.82) is 0 Å². The Balaban J connectivity index is 0.00000441. The molecule has 0 amide bonds. The second-order valence-corrected chi connectivity index (χ2v) is 4.66. The number of hydrogen-bond donors (Lipinski definition) is 2. The molecule has 1 aromatic heterocycles. The fraction of sp³-hybridized carbons (Fsp3) is 0.571. The van der Waals surface area contributed by atoms with Gasteiger partial charge in [0.15, 0.2) is 5.96 Å². The van der Waals surface area contributed by atoms with Gasteiger partial charge in [-0.1, -0.05) is 17.7 Å². The summed E-state index contributed by atoms with van der Waals surface area (Å²) in [4.78, 5) is 8.19. The highest BCUT2D eigenvalue weighted by atomic mass is 127. The molecule has 1 rings (SSSR count). The van der Waals surface area contributed by atoms with Crippen molar-refractivity contribution in [3.63, 3.8) is 0 Å². The van der Waals surface area contributed by atoms with Crippen molar-refractivity contribution in [3.8, 4) is 0 Å². The topological polar surface area (TPSA) is 67.8 Å². The van der Waals surface area contributed by atoms with Crippen LogP contribution in [0.4, 0.5) is 0 Å². The fourth-order valence-electron chi connectivity index (χ4n) is 1.59. The summed E-state index contributed by atoms with van der Waals surface area (Å²) in [6, 6.07) is 3.76. The largest absolute Gasteiger partial charge is 0.382 e. The van der Waals surface area contributed by atoms with Crippen LogP contribution in [0, 0.1) is 0 Å². The van der Waals surface area contributed by atoms with Crippen LogP contribution in [0.3, 0.4) is 0 Å². The van der Waals surface area contributed by atoms with Crippen LogP contribution < -0.4 is 10.6 Å². The summed E-state index contributed by atoms with van der Waals surface area (Å²) in [5, 5.41) is 6.92. The van der Waals surface area contributed by atoms with E-state index in [2.05, 4.69) is 20.6 Å². The van der Waals surface area contributed by atoms with Crippen molar-refractivity contribution in [1.82, 2.24) is 15.6 Å². The maximum Gasteiger partial charge on any atom is 0.191 e. The predicted molar refractivity (Wildman–Crippen MR) is 100 cm³/mol. The average Bonchev–Trinajstić information content (AvgIpc) is 2.50. The lowest BCUT2D eigenvalue weighted by atomic mass is 10.2. The van der Waals surface area contributed by atoms with E-state index in [1.807, 2.05) is 6.07 Å². The van der Waals surface area contributed by atoms with Crippen LogP contribution in [0.5, 0.6) is 0 Å². The van der Waals surface area contributed by atoms with Crippen LogP contribution in [0.1, 0.15) is 5.56 Å². The summed E-state index contributed by atoms with van der Waals surface area (Å²) >= 11 is 5.75. The van der Waals surface area contributed by atoms with Gasteiger partial charge in [0.05, 0.1) is 19.8 Å². The van der Waals surface area contributed by atoms with Crippen LogP contribution in [0.25, 0.3) is 0 Å². The van der Waals surface area contributed by atoms with E-state index in [0.717, 1.165) is 24.5 Å². The molecule has 0 aliphatic heterocycles. The number of nitrogens with one attached hydrogen (secondary N) is 2. The van der Waals surface area contributed by atoms with E-state index in [9.17, 15) is 0 Å². The number of halogens is 2. The minimum Gasteiger partial charge on any atom is -0.382 e. The zero-order valence-corrected chi connectivity index (χ0v) is 16.1. The number of aromatic nitrogens is 1. The monoisotopic (exact) mass is 442 g/mol. The molecule has 126 valence electrons. The Bertz CT molecular complexity index is 418. The van der Waals surface area contributed by atoms with E-state index in [1.54, 1.807) is 26.4 Å². The number of ether oxygens (including phenoxy) is 2. The molecule has 0 saturated carbocycles. The first kappa shape index (κ1) is 21.4. The van der Waals surface area contributed by atoms with E-state index in [1.165, 1.54) is 0 Å². The molecular weight excluding hydrogens is 419 g/mol. The lowest BCUT2D eigenvalue weighted by Gasteiger charge is -2.12. The lowest BCUT2D eigenvalue weighted by Crippen LogP contribution is -2.39. The predicted octanol–water partition coefficient (Wildman–Crippen LogP) is 1.72. The Hall–Kier alpha value is -0.640. The van der Waals surface area contributed by atoms with Crippen LogP contribution in [0.2, 0.25) is 5.15 Å². The number of guanidine groups is 1. The first-order chi connectivity index (χ1) is 10.3. The lowest BCUT2D eigenvalue weighted by molar-refractivity contribution is 0.0733. The Morgan fingerprint density at radius 1 is 1.23 bits per heavy atom. The molecule has 1 heterocycles. The minimum absolute atomic E-state index is 0. The quantitative estimate of drug-likeness (QED) is 0.200. The zero-order chi connectivity index (χ0) is 15.3. The van der Waals surface area contributed by atoms with Crippen molar-refractivity contribution in [3.05, 3.63) is 29.0 Å². The third kappa shape index (κ3) is 10.1. The van der Waals surface area contributed by atoms with Crippen molar-refractivity contribution < 1.29 is 9.47 Å².